The first-order valence-corrected chi connectivity index (χ1v) is 11.9. The van der Waals surface area contributed by atoms with Crippen LogP contribution in [0.4, 0.5) is 16.2 Å². The molecule has 8 nitrogen and oxygen atoms in total. The second kappa shape index (κ2) is 11.8. The van der Waals surface area contributed by atoms with Crippen LogP contribution in [0.3, 0.4) is 0 Å². The Kier molecular flexibility index (Phi) is 8.90. The zero-order valence-electron chi connectivity index (χ0n) is 18.8. The predicted molar refractivity (Wildman–Crippen MR) is 129 cm³/mol. The molecule has 1 aliphatic heterocycles. The first-order valence-electron chi connectivity index (χ1n) is 11.0. The van der Waals surface area contributed by atoms with Crippen molar-refractivity contribution in [1.29, 1.82) is 0 Å². The van der Waals surface area contributed by atoms with Gasteiger partial charge in [-0.05, 0) is 38.0 Å². The van der Waals surface area contributed by atoms with E-state index < -0.39 is 0 Å². The molecule has 3 amide bonds. The second-order valence-corrected chi connectivity index (χ2v) is 8.97. The smallest absolute Gasteiger partial charge is 0.317 e. The van der Waals surface area contributed by atoms with Crippen LogP contribution in [0, 0.1) is 0 Å². The van der Waals surface area contributed by atoms with Crippen LogP contribution in [0.2, 0.25) is 0 Å². The monoisotopic (exact) mass is 459 g/mol. The normalized spacial score (nSPS) is 14.3. The quantitative estimate of drug-likeness (QED) is 0.535. The molecular weight excluding hydrogens is 426 g/mol. The maximum atomic E-state index is 12.7. The van der Waals surface area contributed by atoms with Crippen molar-refractivity contribution < 1.29 is 14.3 Å². The number of hydrogen-bond acceptors (Lipinski definition) is 6. The van der Waals surface area contributed by atoms with Gasteiger partial charge in [0.15, 0.2) is 0 Å². The van der Waals surface area contributed by atoms with Gasteiger partial charge < -0.3 is 26.0 Å². The molecule has 0 aliphatic carbocycles. The van der Waals surface area contributed by atoms with Gasteiger partial charge in [0, 0.05) is 55.1 Å². The van der Waals surface area contributed by atoms with Crippen molar-refractivity contribution in [2.75, 3.05) is 50.4 Å². The third-order valence-corrected chi connectivity index (χ3v) is 6.00. The van der Waals surface area contributed by atoms with Gasteiger partial charge in [-0.2, -0.15) is 0 Å². The number of urea groups is 1. The van der Waals surface area contributed by atoms with Crippen LogP contribution in [0.5, 0.6) is 0 Å². The maximum Gasteiger partial charge on any atom is 0.317 e. The van der Waals surface area contributed by atoms with Crippen molar-refractivity contribution in [2.45, 2.75) is 32.9 Å². The van der Waals surface area contributed by atoms with E-state index in [9.17, 15) is 9.59 Å². The standard InChI is InChI=1S/C23H33N5O3S/c1-17(2)25-23(30)28(9-3-8-27-10-12-31-13-11-27)14-18-4-6-19(7-5-18)22(29)26-21-16-32-15-20(21)24/h4-7,15-17H,3,8-14,24H2,1-2H3,(H,25,30)(H,26,29). The Morgan fingerprint density at radius 3 is 2.53 bits per heavy atom. The second-order valence-electron chi connectivity index (χ2n) is 8.23. The van der Waals surface area contributed by atoms with Crippen molar-refractivity contribution in [2.24, 2.45) is 0 Å². The topological polar surface area (TPSA) is 99.9 Å². The number of hydrogen-bond donors (Lipinski definition) is 3. The van der Waals surface area contributed by atoms with Crippen LogP contribution in [-0.2, 0) is 11.3 Å². The highest BCUT2D eigenvalue weighted by atomic mass is 32.1. The molecular formula is C23H33N5O3S. The fourth-order valence-corrected chi connectivity index (χ4v) is 4.16. The minimum atomic E-state index is -0.207. The average molecular weight is 460 g/mol. The molecule has 0 unspecified atom stereocenters. The molecule has 0 bridgehead atoms. The summed E-state index contributed by atoms with van der Waals surface area (Å²) in [6, 6.07) is 7.34. The van der Waals surface area contributed by atoms with Crippen molar-refractivity contribution in [3.8, 4) is 0 Å². The molecule has 1 aromatic heterocycles. The average Bonchev–Trinajstić information content (AvgIpc) is 3.18. The van der Waals surface area contributed by atoms with E-state index in [0.717, 1.165) is 44.8 Å². The molecule has 0 radical (unpaired) electrons. The van der Waals surface area contributed by atoms with E-state index in [4.69, 9.17) is 10.5 Å². The minimum Gasteiger partial charge on any atom is -0.396 e. The summed E-state index contributed by atoms with van der Waals surface area (Å²) in [6.45, 7) is 9.44. The summed E-state index contributed by atoms with van der Waals surface area (Å²) in [7, 11) is 0. The van der Waals surface area contributed by atoms with Crippen molar-refractivity contribution in [3.63, 3.8) is 0 Å². The summed E-state index contributed by atoms with van der Waals surface area (Å²) in [5.74, 6) is -0.207. The molecule has 1 saturated heterocycles. The number of carbonyl (C=O) groups excluding carboxylic acids is 2. The van der Waals surface area contributed by atoms with Crippen LogP contribution >= 0.6 is 11.3 Å². The molecule has 3 rings (SSSR count). The van der Waals surface area contributed by atoms with Crippen molar-refractivity contribution in [3.05, 3.63) is 46.2 Å². The number of carbonyl (C=O) groups is 2. The van der Waals surface area contributed by atoms with E-state index in [-0.39, 0.29) is 18.0 Å². The lowest BCUT2D eigenvalue weighted by Crippen LogP contribution is -2.44. The van der Waals surface area contributed by atoms with Crippen LogP contribution in [0.1, 0.15) is 36.2 Å². The molecule has 1 aliphatic rings. The van der Waals surface area contributed by atoms with Crippen LogP contribution < -0.4 is 16.4 Å². The zero-order chi connectivity index (χ0) is 22.9. The largest absolute Gasteiger partial charge is 0.396 e. The van der Waals surface area contributed by atoms with E-state index in [1.165, 1.54) is 11.3 Å². The molecule has 2 heterocycles. The molecule has 0 saturated carbocycles. The lowest BCUT2D eigenvalue weighted by Gasteiger charge is -2.29. The Morgan fingerprint density at radius 1 is 1.19 bits per heavy atom. The highest BCUT2D eigenvalue weighted by Crippen LogP contribution is 2.23. The molecule has 2 aromatic rings. The summed E-state index contributed by atoms with van der Waals surface area (Å²) in [5.41, 5.74) is 8.54. The number of nitrogens with two attached hydrogens (primary N) is 1. The lowest BCUT2D eigenvalue weighted by atomic mass is 10.1. The summed E-state index contributed by atoms with van der Waals surface area (Å²) >= 11 is 1.44. The van der Waals surface area contributed by atoms with Gasteiger partial charge in [0.1, 0.15) is 0 Å². The maximum absolute atomic E-state index is 12.7. The first-order chi connectivity index (χ1) is 15.4. The highest BCUT2D eigenvalue weighted by molar-refractivity contribution is 7.09. The van der Waals surface area contributed by atoms with E-state index in [2.05, 4.69) is 15.5 Å². The Bertz CT molecular complexity index is 878. The Balaban J connectivity index is 1.58. The third kappa shape index (κ3) is 7.22. The van der Waals surface area contributed by atoms with Crippen molar-refractivity contribution >= 4 is 34.6 Å². The van der Waals surface area contributed by atoms with Crippen molar-refractivity contribution in [1.82, 2.24) is 15.1 Å². The number of thiophene rings is 1. The molecule has 1 fully saturated rings. The van der Waals surface area contributed by atoms with Gasteiger partial charge in [0.2, 0.25) is 0 Å². The number of ether oxygens (including phenoxy) is 1. The van der Waals surface area contributed by atoms with Gasteiger partial charge in [-0.25, -0.2) is 4.79 Å². The third-order valence-electron chi connectivity index (χ3n) is 5.24. The van der Waals surface area contributed by atoms with Crippen LogP contribution in [0.25, 0.3) is 0 Å². The number of nitrogen functional groups attached to an aromatic ring is 1. The van der Waals surface area contributed by atoms with E-state index in [1.54, 1.807) is 17.5 Å². The molecule has 0 spiro atoms. The molecule has 9 heteroatoms. The molecule has 4 N–H and O–H groups in total. The summed E-state index contributed by atoms with van der Waals surface area (Å²) in [4.78, 5) is 29.4. The van der Waals surface area contributed by atoms with E-state index >= 15 is 0 Å². The highest BCUT2D eigenvalue weighted by Gasteiger charge is 2.17. The molecule has 174 valence electrons. The van der Waals surface area contributed by atoms with Gasteiger partial charge in [0.05, 0.1) is 24.6 Å². The SMILES string of the molecule is CC(C)NC(=O)N(CCCN1CCOCC1)Cc1ccc(C(=O)Nc2cscc2N)cc1. The number of benzene rings is 1. The minimum absolute atomic E-state index is 0.0693. The van der Waals surface area contributed by atoms with E-state index in [0.29, 0.717) is 30.0 Å². The first kappa shape index (κ1) is 24.0. The molecule has 0 atom stereocenters. The Morgan fingerprint density at radius 2 is 1.91 bits per heavy atom. The Hall–Kier alpha value is -2.62. The fraction of sp³-hybridized carbons (Fsp3) is 0.478. The number of nitrogens with zero attached hydrogens (tertiary/aromatic N) is 2. The van der Waals surface area contributed by atoms with E-state index in [1.807, 2.05) is 36.3 Å². The summed E-state index contributed by atoms with van der Waals surface area (Å²) in [6.07, 6.45) is 0.897. The molecule has 1 aromatic carbocycles. The van der Waals surface area contributed by atoms with Gasteiger partial charge >= 0.3 is 6.03 Å². The fourth-order valence-electron chi connectivity index (χ4n) is 3.49. The van der Waals surface area contributed by atoms with Gasteiger partial charge in [0.25, 0.3) is 5.91 Å². The zero-order valence-corrected chi connectivity index (χ0v) is 19.6. The summed E-state index contributed by atoms with van der Waals surface area (Å²) in [5, 5.41) is 9.41. The lowest BCUT2D eigenvalue weighted by molar-refractivity contribution is 0.0364. The number of anilines is 2. The van der Waals surface area contributed by atoms with Gasteiger partial charge in [-0.3, -0.25) is 9.69 Å². The molecule has 32 heavy (non-hydrogen) atoms. The van der Waals surface area contributed by atoms with Gasteiger partial charge in [-0.15, -0.1) is 11.3 Å². The number of rotatable bonds is 9. The number of nitrogens with one attached hydrogen (secondary N) is 2. The summed E-state index contributed by atoms with van der Waals surface area (Å²) < 4.78 is 5.40. The number of amides is 3. The number of morpholine rings is 1. The van der Waals surface area contributed by atoms with Crippen LogP contribution in [-0.4, -0.2) is 67.2 Å². The predicted octanol–water partition coefficient (Wildman–Crippen LogP) is 3.22. The Labute approximate surface area is 193 Å². The van der Waals surface area contributed by atoms with Gasteiger partial charge in [-0.1, -0.05) is 12.1 Å². The van der Waals surface area contributed by atoms with Crippen LogP contribution in [0.15, 0.2) is 35.0 Å².